The van der Waals surface area contributed by atoms with E-state index in [1.54, 1.807) is 0 Å². The Morgan fingerprint density at radius 2 is 1.47 bits per heavy atom. The molecule has 0 saturated carbocycles. The second-order valence-electron chi connectivity index (χ2n) is 6.24. The number of nitrogens with two attached hydrogens (primary N) is 1. The number of rotatable bonds is 5. The minimum absolute atomic E-state index is 0.0798. The summed E-state index contributed by atoms with van der Waals surface area (Å²) in [6, 6.07) is 0. The summed E-state index contributed by atoms with van der Waals surface area (Å²) < 4.78 is 0. The molecule has 0 aliphatic rings. The molecule has 1 heteroatoms. The van der Waals surface area contributed by atoms with E-state index in [9.17, 15) is 0 Å². The topological polar surface area (TPSA) is 26.0 Å². The van der Waals surface area contributed by atoms with E-state index < -0.39 is 0 Å². The van der Waals surface area contributed by atoms with Gasteiger partial charge in [-0.15, -0.1) is 0 Å². The molecule has 0 fully saturated rings. The lowest BCUT2D eigenvalue weighted by atomic mass is 9.79. The van der Waals surface area contributed by atoms with Gasteiger partial charge in [-0.1, -0.05) is 53.7 Å². The maximum absolute atomic E-state index is 6.21. The van der Waals surface area contributed by atoms with Crippen molar-refractivity contribution in [2.24, 2.45) is 23.0 Å². The second-order valence-corrected chi connectivity index (χ2v) is 6.24. The third kappa shape index (κ3) is 4.83. The largest absolute Gasteiger partial charge is 0.325 e. The Balaban J connectivity index is 4.33. The zero-order valence-corrected chi connectivity index (χ0v) is 11.6. The Morgan fingerprint density at radius 3 is 1.80 bits per heavy atom. The monoisotopic (exact) mass is 211 g/mol. The van der Waals surface area contributed by atoms with Gasteiger partial charge >= 0.3 is 0 Å². The highest BCUT2D eigenvalue weighted by molar-refractivity contribution is 5.00. The van der Waals surface area contributed by atoms with Crippen LogP contribution in [0.3, 0.4) is 0 Å². The molecule has 0 heterocycles. The minimum atomic E-state index is -0.0798. The first-order valence-corrected chi connectivity index (χ1v) is 6.06. The number of allylic oxidation sites excluding steroid dienone is 1. The third-order valence-corrected chi connectivity index (χ3v) is 3.91. The summed E-state index contributed by atoms with van der Waals surface area (Å²) in [5.41, 5.74) is 6.40. The van der Waals surface area contributed by atoms with Crippen LogP contribution in [0.15, 0.2) is 12.2 Å². The summed E-state index contributed by atoms with van der Waals surface area (Å²) in [7, 11) is 0. The lowest BCUT2D eigenvalue weighted by Gasteiger charge is -2.29. The Labute approximate surface area is 96.1 Å². The van der Waals surface area contributed by atoms with Crippen molar-refractivity contribution in [2.75, 3.05) is 0 Å². The zero-order valence-electron chi connectivity index (χ0n) is 11.6. The average Bonchev–Trinajstić information content (AvgIpc) is 2.02. The molecular weight excluding hydrogens is 182 g/mol. The first-order chi connectivity index (χ1) is 6.59. The molecule has 1 nitrogen and oxygen atoms in total. The summed E-state index contributed by atoms with van der Waals surface area (Å²) in [6.07, 6.45) is 5.52. The quantitative estimate of drug-likeness (QED) is 0.684. The molecule has 0 aromatic carbocycles. The van der Waals surface area contributed by atoms with Gasteiger partial charge in [0.1, 0.15) is 0 Å². The normalized spacial score (nSPS) is 17.7. The predicted molar refractivity (Wildman–Crippen MR) is 69.8 cm³/mol. The van der Waals surface area contributed by atoms with Gasteiger partial charge in [0, 0.05) is 5.54 Å². The van der Waals surface area contributed by atoms with Crippen LogP contribution in [0.5, 0.6) is 0 Å². The maximum Gasteiger partial charge on any atom is 0.0183 e. The van der Waals surface area contributed by atoms with Crippen LogP contribution in [0.1, 0.15) is 54.9 Å². The lowest BCUT2D eigenvalue weighted by Crippen LogP contribution is -2.41. The molecule has 2 N–H and O–H groups in total. The van der Waals surface area contributed by atoms with Gasteiger partial charge in [0.2, 0.25) is 0 Å². The number of hydrogen-bond donors (Lipinski definition) is 1. The molecule has 15 heavy (non-hydrogen) atoms. The van der Waals surface area contributed by atoms with Crippen molar-refractivity contribution in [3.05, 3.63) is 12.2 Å². The van der Waals surface area contributed by atoms with E-state index in [2.05, 4.69) is 60.6 Å². The smallest absolute Gasteiger partial charge is 0.0183 e. The van der Waals surface area contributed by atoms with Gasteiger partial charge in [0.25, 0.3) is 0 Å². The highest BCUT2D eigenvalue weighted by atomic mass is 14.7. The molecule has 0 radical (unpaired) electrons. The van der Waals surface area contributed by atoms with Crippen molar-refractivity contribution in [2.45, 2.75) is 60.4 Å². The first kappa shape index (κ1) is 14.7. The van der Waals surface area contributed by atoms with Crippen LogP contribution >= 0.6 is 0 Å². The summed E-state index contributed by atoms with van der Waals surface area (Å²) >= 11 is 0. The van der Waals surface area contributed by atoms with Crippen LogP contribution in [0.4, 0.5) is 0 Å². The predicted octanol–water partition coefficient (Wildman–Crippen LogP) is 3.99. The van der Waals surface area contributed by atoms with E-state index in [1.807, 2.05) is 0 Å². The van der Waals surface area contributed by atoms with Gasteiger partial charge in [-0.2, -0.15) is 0 Å². The molecule has 0 bridgehead atoms. The average molecular weight is 211 g/mol. The van der Waals surface area contributed by atoms with Crippen LogP contribution in [-0.2, 0) is 0 Å². The van der Waals surface area contributed by atoms with Gasteiger partial charge in [-0.3, -0.25) is 0 Å². The molecule has 0 spiro atoms. The van der Waals surface area contributed by atoms with Crippen molar-refractivity contribution < 1.29 is 0 Å². The van der Waals surface area contributed by atoms with Gasteiger partial charge in [-0.05, 0) is 30.6 Å². The zero-order chi connectivity index (χ0) is 12.3. The Hall–Kier alpha value is -0.300. The van der Waals surface area contributed by atoms with Gasteiger partial charge in [-0.25, -0.2) is 0 Å². The molecule has 0 saturated heterocycles. The summed E-state index contributed by atoms with van der Waals surface area (Å²) in [6.45, 7) is 15.6. The van der Waals surface area contributed by atoms with E-state index in [1.165, 1.54) is 0 Å². The fourth-order valence-electron chi connectivity index (χ4n) is 1.04. The van der Waals surface area contributed by atoms with Crippen LogP contribution in [0.25, 0.3) is 0 Å². The molecular formula is C14H29N. The van der Waals surface area contributed by atoms with E-state index in [0.717, 1.165) is 6.42 Å². The van der Waals surface area contributed by atoms with E-state index >= 15 is 0 Å². The molecule has 0 amide bonds. The molecule has 0 aliphatic heterocycles. The van der Waals surface area contributed by atoms with E-state index in [0.29, 0.717) is 11.8 Å². The molecule has 0 aromatic heterocycles. The fourth-order valence-corrected chi connectivity index (χ4v) is 1.04. The van der Waals surface area contributed by atoms with Crippen molar-refractivity contribution in [1.82, 2.24) is 0 Å². The number of hydrogen-bond acceptors (Lipinski definition) is 1. The Bertz CT molecular complexity index is 209. The third-order valence-electron chi connectivity index (χ3n) is 3.91. The summed E-state index contributed by atoms with van der Waals surface area (Å²) in [4.78, 5) is 0. The van der Waals surface area contributed by atoms with Crippen LogP contribution in [0, 0.1) is 17.3 Å². The van der Waals surface area contributed by atoms with Crippen molar-refractivity contribution >= 4 is 0 Å². The van der Waals surface area contributed by atoms with E-state index in [-0.39, 0.29) is 11.0 Å². The summed E-state index contributed by atoms with van der Waals surface area (Å²) in [5.74, 6) is 1.18. The second kappa shape index (κ2) is 5.16. The lowest BCUT2D eigenvalue weighted by molar-refractivity contribution is 0.323. The van der Waals surface area contributed by atoms with Crippen molar-refractivity contribution in [3.8, 4) is 0 Å². The SMILES string of the molecule is CC(C)C(C)(C)/C=C\CC(C)(N)C(C)C. The standard InChI is InChI=1S/C14H29N/c1-11(2)13(5,6)9-8-10-14(7,15)12(3)4/h8-9,11-12H,10,15H2,1-7H3/b9-8-. The minimum Gasteiger partial charge on any atom is -0.325 e. The van der Waals surface area contributed by atoms with Gasteiger partial charge < -0.3 is 5.73 Å². The Kier molecular flexibility index (Phi) is 5.05. The highest BCUT2D eigenvalue weighted by Crippen LogP contribution is 2.28. The molecule has 1 atom stereocenters. The molecule has 90 valence electrons. The van der Waals surface area contributed by atoms with Gasteiger partial charge in [0.05, 0.1) is 0 Å². The fraction of sp³-hybridized carbons (Fsp3) is 0.857. The maximum atomic E-state index is 6.21. The molecule has 1 unspecified atom stereocenters. The molecule has 0 aliphatic carbocycles. The van der Waals surface area contributed by atoms with E-state index in [4.69, 9.17) is 5.73 Å². The summed E-state index contributed by atoms with van der Waals surface area (Å²) in [5, 5.41) is 0. The first-order valence-electron chi connectivity index (χ1n) is 6.06. The van der Waals surface area contributed by atoms with Crippen molar-refractivity contribution in [3.63, 3.8) is 0 Å². The Morgan fingerprint density at radius 1 is 1.00 bits per heavy atom. The van der Waals surface area contributed by atoms with Crippen LogP contribution in [0.2, 0.25) is 0 Å². The molecule has 0 aromatic rings. The van der Waals surface area contributed by atoms with Crippen LogP contribution in [-0.4, -0.2) is 5.54 Å². The highest BCUT2D eigenvalue weighted by Gasteiger charge is 2.22. The van der Waals surface area contributed by atoms with Crippen molar-refractivity contribution in [1.29, 1.82) is 0 Å². The van der Waals surface area contributed by atoms with Gasteiger partial charge in [0.15, 0.2) is 0 Å². The molecule has 0 rings (SSSR count). The van der Waals surface area contributed by atoms with Crippen LogP contribution < -0.4 is 5.73 Å².